The van der Waals surface area contributed by atoms with Gasteiger partial charge in [0.2, 0.25) is 10.0 Å². The second-order valence-corrected chi connectivity index (χ2v) is 7.85. The summed E-state index contributed by atoms with van der Waals surface area (Å²) >= 11 is 0. The Morgan fingerprint density at radius 1 is 1.29 bits per heavy atom. The predicted octanol–water partition coefficient (Wildman–Crippen LogP) is 2.02. The highest BCUT2D eigenvalue weighted by atomic mass is 32.2. The van der Waals surface area contributed by atoms with E-state index in [0.29, 0.717) is 18.0 Å². The average molecular weight is 312 g/mol. The molecule has 0 aliphatic heterocycles. The van der Waals surface area contributed by atoms with Crippen molar-refractivity contribution in [1.29, 1.82) is 0 Å². The van der Waals surface area contributed by atoms with Gasteiger partial charge in [0.1, 0.15) is 0 Å². The summed E-state index contributed by atoms with van der Waals surface area (Å²) in [5.41, 5.74) is 1.16. The van der Waals surface area contributed by atoms with E-state index >= 15 is 0 Å². The van der Waals surface area contributed by atoms with E-state index in [1.807, 2.05) is 0 Å². The van der Waals surface area contributed by atoms with Gasteiger partial charge in [0, 0.05) is 26.2 Å². The molecule has 5 nitrogen and oxygen atoms in total. The quantitative estimate of drug-likeness (QED) is 0.874. The lowest BCUT2D eigenvalue weighted by molar-refractivity contribution is 0.0951. The summed E-state index contributed by atoms with van der Waals surface area (Å²) in [5.74, 6) is 0.274. The maximum Gasteiger partial charge on any atom is 0.251 e. The summed E-state index contributed by atoms with van der Waals surface area (Å²) in [7, 11) is -0.591. The second-order valence-electron chi connectivity index (χ2n) is 5.70. The van der Waals surface area contributed by atoms with Crippen molar-refractivity contribution in [3.8, 4) is 0 Å². The SMILES string of the molecule is Cc1ccc(S(=O)(=O)N(C)C)cc1C(=O)NCCC(C)C. The van der Waals surface area contributed by atoms with Gasteiger partial charge < -0.3 is 5.32 Å². The Balaban J connectivity index is 3.00. The molecule has 1 aromatic carbocycles. The number of benzene rings is 1. The number of hydrogen-bond donors (Lipinski definition) is 1. The molecule has 0 fully saturated rings. The lowest BCUT2D eigenvalue weighted by atomic mass is 10.1. The van der Waals surface area contributed by atoms with Crippen LogP contribution in [0.3, 0.4) is 0 Å². The average Bonchev–Trinajstić information content (AvgIpc) is 2.38. The fourth-order valence-corrected chi connectivity index (χ4v) is 2.72. The van der Waals surface area contributed by atoms with Crippen LogP contribution < -0.4 is 5.32 Å². The van der Waals surface area contributed by atoms with Crippen molar-refractivity contribution in [2.45, 2.75) is 32.1 Å². The summed E-state index contributed by atoms with van der Waals surface area (Å²) in [6.07, 6.45) is 0.889. The van der Waals surface area contributed by atoms with Crippen molar-refractivity contribution < 1.29 is 13.2 Å². The largest absolute Gasteiger partial charge is 0.352 e. The summed E-state index contributed by atoms with van der Waals surface area (Å²) in [4.78, 5) is 12.3. The van der Waals surface area contributed by atoms with Gasteiger partial charge in [-0.1, -0.05) is 19.9 Å². The van der Waals surface area contributed by atoms with Crippen LogP contribution in [-0.4, -0.2) is 39.3 Å². The molecule has 0 spiro atoms. The smallest absolute Gasteiger partial charge is 0.251 e. The molecule has 0 saturated carbocycles. The monoisotopic (exact) mass is 312 g/mol. The second kappa shape index (κ2) is 7.04. The number of carbonyl (C=O) groups excluding carboxylic acids is 1. The van der Waals surface area contributed by atoms with Gasteiger partial charge in [-0.2, -0.15) is 0 Å². The number of sulfonamides is 1. The van der Waals surface area contributed by atoms with Crippen molar-refractivity contribution in [2.24, 2.45) is 5.92 Å². The summed E-state index contributed by atoms with van der Waals surface area (Å²) in [5, 5.41) is 2.83. The lowest BCUT2D eigenvalue weighted by Crippen LogP contribution is -2.27. The van der Waals surface area contributed by atoms with E-state index in [0.717, 1.165) is 16.3 Å². The minimum Gasteiger partial charge on any atom is -0.352 e. The molecule has 0 aliphatic carbocycles. The zero-order valence-corrected chi connectivity index (χ0v) is 14.1. The third kappa shape index (κ3) is 4.54. The summed E-state index contributed by atoms with van der Waals surface area (Å²) < 4.78 is 25.4. The zero-order chi connectivity index (χ0) is 16.2. The predicted molar refractivity (Wildman–Crippen MR) is 83.8 cm³/mol. The number of aryl methyl sites for hydroxylation is 1. The fraction of sp³-hybridized carbons (Fsp3) is 0.533. The molecule has 1 aromatic rings. The van der Waals surface area contributed by atoms with E-state index in [-0.39, 0.29) is 10.8 Å². The van der Waals surface area contributed by atoms with Gasteiger partial charge in [0.25, 0.3) is 5.91 Å². The molecule has 0 saturated heterocycles. The number of amides is 1. The summed E-state index contributed by atoms with van der Waals surface area (Å²) in [6.45, 7) is 6.55. The summed E-state index contributed by atoms with van der Waals surface area (Å²) in [6, 6.07) is 4.62. The topological polar surface area (TPSA) is 66.5 Å². The molecule has 0 radical (unpaired) electrons. The molecule has 21 heavy (non-hydrogen) atoms. The first-order valence-electron chi connectivity index (χ1n) is 6.97. The lowest BCUT2D eigenvalue weighted by Gasteiger charge is -2.14. The van der Waals surface area contributed by atoms with E-state index < -0.39 is 10.0 Å². The van der Waals surface area contributed by atoms with Gasteiger partial charge in [0.15, 0.2) is 0 Å². The Morgan fingerprint density at radius 2 is 1.90 bits per heavy atom. The van der Waals surface area contributed by atoms with Crippen LogP contribution in [0.1, 0.15) is 36.2 Å². The van der Waals surface area contributed by atoms with Crippen molar-refractivity contribution in [3.05, 3.63) is 29.3 Å². The van der Waals surface area contributed by atoms with Crippen molar-refractivity contribution >= 4 is 15.9 Å². The van der Waals surface area contributed by atoms with E-state index in [2.05, 4.69) is 19.2 Å². The van der Waals surface area contributed by atoms with Crippen LogP contribution in [0.15, 0.2) is 23.1 Å². The first-order chi connectivity index (χ1) is 9.66. The number of carbonyl (C=O) groups is 1. The molecule has 6 heteroatoms. The van der Waals surface area contributed by atoms with Crippen molar-refractivity contribution in [1.82, 2.24) is 9.62 Å². The van der Waals surface area contributed by atoms with Crippen LogP contribution >= 0.6 is 0 Å². The van der Waals surface area contributed by atoms with E-state index in [1.54, 1.807) is 13.0 Å². The molecule has 118 valence electrons. The van der Waals surface area contributed by atoms with Gasteiger partial charge in [-0.05, 0) is 37.0 Å². The standard InChI is InChI=1S/C15H24N2O3S/c1-11(2)8-9-16-15(18)14-10-13(7-6-12(14)3)21(19,20)17(4)5/h6-7,10-11H,8-9H2,1-5H3,(H,16,18). The van der Waals surface area contributed by atoms with E-state index in [4.69, 9.17) is 0 Å². The number of hydrogen-bond acceptors (Lipinski definition) is 3. The zero-order valence-electron chi connectivity index (χ0n) is 13.3. The number of nitrogens with zero attached hydrogens (tertiary/aromatic N) is 1. The molecule has 1 rings (SSSR count). The molecule has 1 N–H and O–H groups in total. The first-order valence-corrected chi connectivity index (χ1v) is 8.41. The Bertz CT molecular complexity index is 607. The van der Waals surface area contributed by atoms with E-state index in [1.165, 1.54) is 26.2 Å². The maximum atomic E-state index is 12.2. The Morgan fingerprint density at radius 3 is 2.43 bits per heavy atom. The van der Waals surface area contributed by atoms with Gasteiger partial charge in [-0.25, -0.2) is 12.7 Å². The minimum absolute atomic E-state index is 0.132. The molecular formula is C15H24N2O3S. The van der Waals surface area contributed by atoms with E-state index in [9.17, 15) is 13.2 Å². The molecule has 0 aliphatic rings. The molecular weight excluding hydrogens is 288 g/mol. The number of rotatable bonds is 6. The van der Waals surface area contributed by atoms with Gasteiger partial charge in [-0.15, -0.1) is 0 Å². The molecule has 0 bridgehead atoms. The molecule has 0 aromatic heterocycles. The Hall–Kier alpha value is -1.40. The third-order valence-electron chi connectivity index (χ3n) is 3.24. The van der Waals surface area contributed by atoms with Crippen molar-refractivity contribution in [2.75, 3.05) is 20.6 Å². The highest BCUT2D eigenvalue weighted by molar-refractivity contribution is 7.89. The fourth-order valence-electron chi connectivity index (χ4n) is 1.79. The molecule has 0 heterocycles. The van der Waals surface area contributed by atoms with Gasteiger partial charge in [-0.3, -0.25) is 4.79 Å². The van der Waals surface area contributed by atoms with Gasteiger partial charge in [0.05, 0.1) is 4.90 Å². The van der Waals surface area contributed by atoms with Crippen LogP contribution in [0, 0.1) is 12.8 Å². The van der Waals surface area contributed by atoms with Crippen LogP contribution in [0.2, 0.25) is 0 Å². The number of nitrogens with one attached hydrogen (secondary N) is 1. The normalized spacial score (nSPS) is 12.0. The molecule has 1 amide bonds. The first kappa shape index (κ1) is 17.7. The highest BCUT2D eigenvalue weighted by Crippen LogP contribution is 2.18. The van der Waals surface area contributed by atoms with Crippen LogP contribution in [-0.2, 0) is 10.0 Å². The highest BCUT2D eigenvalue weighted by Gasteiger charge is 2.20. The maximum absolute atomic E-state index is 12.2. The van der Waals surface area contributed by atoms with Crippen LogP contribution in [0.5, 0.6) is 0 Å². The van der Waals surface area contributed by atoms with Crippen LogP contribution in [0.4, 0.5) is 0 Å². The van der Waals surface area contributed by atoms with Gasteiger partial charge >= 0.3 is 0 Å². The van der Waals surface area contributed by atoms with Crippen molar-refractivity contribution in [3.63, 3.8) is 0 Å². The molecule has 0 atom stereocenters. The third-order valence-corrected chi connectivity index (χ3v) is 5.05. The molecule has 0 unspecified atom stereocenters. The Labute approximate surface area is 127 Å². The van der Waals surface area contributed by atoms with Crippen LogP contribution in [0.25, 0.3) is 0 Å². The minimum atomic E-state index is -3.53. The Kier molecular flexibility index (Phi) is 5.92.